The highest BCUT2D eigenvalue weighted by Gasteiger charge is 2.14. The van der Waals surface area contributed by atoms with Gasteiger partial charge in [0.05, 0.1) is 7.11 Å². The first-order chi connectivity index (χ1) is 9.67. The van der Waals surface area contributed by atoms with Gasteiger partial charge in [0.2, 0.25) is 0 Å². The number of hydrogen-bond donors (Lipinski definition) is 1. The number of aryl methyl sites for hydroxylation is 1. The van der Waals surface area contributed by atoms with Crippen LogP contribution in [0.1, 0.15) is 0 Å². The SMILES string of the molecule is COc1cc(N)cc(-c2nnnn2-c2ccn(C)n2)c1. The first-order valence-corrected chi connectivity index (χ1v) is 5.90. The summed E-state index contributed by atoms with van der Waals surface area (Å²) in [6, 6.07) is 7.16. The number of nitrogens with zero attached hydrogens (tertiary/aromatic N) is 6. The monoisotopic (exact) mass is 271 g/mol. The maximum absolute atomic E-state index is 5.86. The molecule has 0 bridgehead atoms. The van der Waals surface area contributed by atoms with Gasteiger partial charge in [0.25, 0.3) is 0 Å². The Bertz CT molecular complexity index is 746. The predicted octanol–water partition coefficient (Wildman–Crippen LogP) is 0.654. The lowest BCUT2D eigenvalue weighted by atomic mass is 10.2. The van der Waals surface area contributed by atoms with Gasteiger partial charge in [-0.2, -0.15) is 9.78 Å². The molecule has 3 aromatic rings. The minimum atomic E-state index is 0.550. The molecular weight excluding hydrogens is 258 g/mol. The fourth-order valence-corrected chi connectivity index (χ4v) is 1.91. The van der Waals surface area contributed by atoms with Crippen molar-refractivity contribution in [2.24, 2.45) is 7.05 Å². The molecule has 0 aliphatic rings. The van der Waals surface area contributed by atoms with E-state index in [4.69, 9.17) is 10.5 Å². The van der Waals surface area contributed by atoms with E-state index in [-0.39, 0.29) is 0 Å². The topological polar surface area (TPSA) is 96.7 Å². The molecule has 1 aromatic carbocycles. The highest BCUT2D eigenvalue weighted by molar-refractivity contribution is 5.65. The second-order valence-corrected chi connectivity index (χ2v) is 4.26. The van der Waals surface area contributed by atoms with Crippen LogP contribution in [0.25, 0.3) is 17.2 Å². The molecule has 2 N–H and O–H groups in total. The maximum atomic E-state index is 5.86. The van der Waals surface area contributed by atoms with Gasteiger partial charge in [-0.3, -0.25) is 4.68 Å². The second kappa shape index (κ2) is 4.65. The van der Waals surface area contributed by atoms with Gasteiger partial charge >= 0.3 is 0 Å². The molecular formula is C12H13N7O. The molecule has 8 heteroatoms. The van der Waals surface area contributed by atoms with E-state index in [1.807, 2.05) is 25.4 Å². The quantitative estimate of drug-likeness (QED) is 0.703. The molecule has 0 radical (unpaired) electrons. The van der Waals surface area contributed by atoms with Crippen LogP contribution in [0, 0.1) is 0 Å². The van der Waals surface area contributed by atoms with E-state index in [0.717, 1.165) is 5.56 Å². The Morgan fingerprint density at radius 2 is 2.10 bits per heavy atom. The van der Waals surface area contributed by atoms with Crippen LogP contribution in [-0.2, 0) is 7.05 Å². The molecule has 0 fully saturated rings. The lowest BCUT2D eigenvalue weighted by Crippen LogP contribution is -2.02. The largest absolute Gasteiger partial charge is 0.497 e. The van der Waals surface area contributed by atoms with E-state index >= 15 is 0 Å². The van der Waals surface area contributed by atoms with Crippen molar-refractivity contribution in [3.8, 4) is 23.0 Å². The van der Waals surface area contributed by atoms with E-state index < -0.39 is 0 Å². The Kier molecular flexibility index (Phi) is 2.82. The van der Waals surface area contributed by atoms with Gasteiger partial charge in [-0.1, -0.05) is 0 Å². The second-order valence-electron chi connectivity index (χ2n) is 4.26. The van der Waals surface area contributed by atoms with Crippen molar-refractivity contribution in [2.75, 3.05) is 12.8 Å². The van der Waals surface area contributed by atoms with Gasteiger partial charge < -0.3 is 10.5 Å². The summed E-state index contributed by atoms with van der Waals surface area (Å²) in [5.74, 6) is 1.83. The van der Waals surface area contributed by atoms with Gasteiger partial charge in [0.1, 0.15) is 5.75 Å². The Labute approximate surface area is 114 Å². The highest BCUT2D eigenvalue weighted by Crippen LogP contribution is 2.26. The number of ether oxygens (including phenoxy) is 1. The Morgan fingerprint density at radius 3 is 2.80 bits per heavy atom. The number of hydrogen-bond acceptors (Lipinski definition) is 6. The fourth-order valence-electron chi connectivity index (χ4n) is 1.91. The first-order valence-electron chi connectivity index (χ1n) is 5.90. The van der Waals surface area contributed by atoms with Crippen LogP contribution in [0.15, 0.2) is 30.5 Å². The molecule has 0 aliphatic carbocycles. The van der Waals surface area contributed by atoms with Crippen molar-refractivity contribution in [1.82, 2.24) is 30.0 Å². The van der Waals surface area contributed by atoms with Crippen LogP contribution in [0.3, 0.4) is 0 Å². The molecule has 0 saturated heterocycles. The molecule has 0 saturated carbocycles. The molecule has 102 valence electrons. The summed E-state index contributed by atoms with van der Waals surface area (Å²) >= 11 is 0. The van der Waals surface area contributed by atoms with Crippen molar-refractivity contribution in [2.45, 2.75) is 0 Å². The normalized spacial score (nSPS) is 10.7. The summed E-state index contributed by atoms with van der Waals surface area (Å²) in [6.07, 6.45) is 1.82. The Morgan fingerprint density at radius 1 is 1.25 bits per heavy atom. The zero-order valence-corrected chi connectivity index (χ0v) is 11.1. The van der Waals surface area contributed by atoms with Crippen LogP contribution in [0.2, 0.25) is 0 Å². The van der Waals surface area contributed by atoms with Crippen molar-refractivity contribution >= 4 is 5.69 Å². The van der Waals surface area contributed by atoms with Crippen molar-refractivity contribution in [1.29, 1.82) is 0 Å². The minimum absolute atomic E-state index is 0.550. The fraction of sp³-hybridized carbons (Fsp3) is 0.167. The molecule has 3 rings (SSSR count). The number of anilines is 1. The van der Waals surface area contributed by atoms with E-state index in [1.54, 1.807) is 28.6 Å². The third kappa shape index (κ3) is 2.07. The van der Waals surface area contributed by atoms with Crippen molar-refractivity contribution < 1.29 is 4.74 Å². The van der Waals surface area contributed by atoms with E-state index in [0.29, 0.717) is 23.1 Å². The standard InChI is InChI=1S/C12H13N7O/c1-18-4-3-11(15-18)19-12(14-16-17-19)8-5-9(13)7-10(6-8)20-2/h3-7H,13H2,1-2H3. The summed E-state index contributed by atoms with van der Waals surface area (Å²) in [7, 11) is 3.41. The lowest BCUT2D eigenvalue weighted by molar-refractivity contribution is 0.415. The number of rotatable bonds is 3. The number of methoxy groups -OCH3 is 1. The molecule has 2 aromatic heterocycles. The number of aromatic nitrogens is 6. The van der Waals surface area contributed by atoms with Crippen LogP contribution >= 0.6 is 0 Å². The predicted molar refractivity (Wildman–Crippen MR) is 72.3 cm³/mol. The molecule has 20 heavy (non-hydrogen) atoms. The van der Waals surface area contributed by atoms with E-state index in [1.165, 1.54) is 0 Å². The van der Waals surface area contributed by atoms with Gasteiger partial charge in [0, 0.05) is 36.6 Å². The molecule has 0 atom stereocenters. The summed E-state index contributed by atoms with van der Waals surface area (Å²) < 4.78 is 8.44. The summed E-state index contributed by atoms with van der Waals surface area (Å²) in [5.41, 5.74) is 7.20. The first kappa shape index (κ1) is 12.2. The van der Waals surface area contributed by atoms with Gasteiger partial charge in [-0.15, -0.1) is 5.10 Å². The maximum Gasteiger partial charge on any atom is 0.189 e. The van der Waals surface area contributed by atoms with Gasteiger partial charge in [-0.05, 0) is 22.6 Å². The van der Waals surface area contributed by atoms with E-state index in [2.05, 4.69) is 20.6 Å². The Balaban J connectivity index is 2.12. The van der Waals surface area contributed by atoms with Crippen molar-refractivity contribution in [3.05, 3.63) is 30.5 Å². The van der Waals surface area contributed by atoms with Crippen LogP contribution in [-0.4, -0.2) is 37.1 Å². The van der Waals surface area contributed by atoms with Gasteiger partial charge in [0.15, 0.2) is 11.6 Å². The molecule has 0 spiro atoms. The molecule has 0 aliphatic heterocycles. The number of tetrazole rings is 1. The minimum Gasteiger partial charge on any atom is -0.497 e. The molecule has 0 unspecified atom stereocenters. The average molecular weight is 271 g/mol. The summed E-state index contributed by atoms with van der Waals surface area (Å²) in [6.45, 7) is 0. The smallest absolute Gasteiger partial charge is 0.189 e. The number of benzene rings is 1. The van der Waals surface area contributed by atoms with Crippen LogP contribution < -0.4 is 10.5 Å². The van der Waals surface area contributed by atoms with Crippen molar-refractivity contribution in [3.63, 3.8) is 0 Å². The number of nitrogen functional groups attached to an aromatic ring is 1. The average Bonchev–Trinajstić information content (AvgIpc) is 3.06. The summed E-state index contributed by atoms with van der Waals surface area (Å²) in [5, 5.41) is 16.0. The van der Waals surface area contributed by atoms with Crippen LogP contribution in [0.4, 0.5) is 5.69 Å². The molecule has 8 nitrogen and oxygen atoms in total. The molecule has 0 amide bonds. The number of nitrogens with two attached hydrogens (primary N) is 1. The Hall–Kier alpha value is -2.90. The van der Waals surface area contributed by atoms with Gasteiger partial charge in [-0.25, -0.2) is 0 Å². The zero-order valence-electron chi connectivity index (χ0n) is 11.1. The third-order valence-electron chi connectivity index (χ3n) is 2.81. The zero-order chi connectivity index (χ0) is 14.1. The van der Waals surface area contributed by atoms with E-state index in [9.17, 15) is 0 Å². The summed E-state index contributed by atoms with van der Waals surface area (Å²) in [4.78, 5) is 0. The lowest BCUT2D eigenvalue weighted by Gasteiger charge is -2.06. The molecule has 2 heterocycles. The third-order valence-corrected chi connectivity index (χ3v) is 2.81. The van der Waals surface area contributed by atoms with Crippen LogP contribution in [0.5, 0.6) is 5.75 Å². The highest BCUT2D eigenvalue weighted by atomic mass is 16.5.